The van der Waals surface area contributed by atoms with E-state index in [0.29, 0.717) is 11.5 Å². The van der Waals surface area contributed by atoms with E-state index in [0.717, 1.165) is 6.42 Å². The van der Waals surface area contributed by atoms with Crippen LogP contribution in [0.15, 0.2) is 29.2 Å². The summed E-state index contributed by atoms with van der Waals surface area (Å²) in [6, 6.07) is 6.16. The molecule has 0 aromatic heterocycles. The van der Waals surface area contributed by atoms with Gasteiger partial charge in [0, 0.05) is 6.04 Å². The second kappa shape index (κ2) is 6.31. The number of nitrogens with one attached hydrogen (secondary N) is 1. The molecule has 1 aromatic rings. The molecule has 0 radical (unpaired) electrons. The molecular weight excluding hydrogens is 250 g/mol. The maximum atomic E-state index is 12.1. The first kappa shape index (κ1) is 15.1. The van der Waals surface area contributed by atoms with Crippen LogP contribution < -0.4 is 4.72 Å². The Kier molecular flexibility index (Phi) is 5.31. The molecule has 1 rings (SSSR count). The van der Waals surface area contributed by atoms with Gasteiger partial charge in [0.05, 0.1) is 11.5 Å². The van der Waals surface area contributed by atoms with E-state index < -0.39 is 10.0 Å². The molecule has 1 aromatic carbocycles. The van der Waals surface area contributed by atoms with Gasteiger partial charge in [0.1, 0.15) is 0 Å². The number of rotatable bonds is 6. The predicted octanol–water partition coefficient (Wildman–Crippen LogP) is 1.89. The fourth-order valence-electron chi connectivity index (χ4n) is 1.86. The quantitative estimate of drug-likeness (QED) is 0.830. The topological polar surface area (TPSA) is 66.4 Å². The Morgan fingerprint density at radius 1 is 1.17 bits per heavy atom. The first-order chi connectivity index (χ1) is 8.35. The van der Waals surface area contributed by atoms with Crippen LogP contribution in [0.2, 0.25) is 0 Å². The Morgan fingerprint density at radius 3 is 2.17 bits per heavy atom. The van der Waals surface area contributed by atoms with Crippen LogP contribution in [0.4, 0.5) is 0 Å². The zero-order valence-corrected chi connectivity index (χ0v) is 11.9. The maximum Gasteiger partial charge on any atom is 0.240 e. The fraction of sp³-hybridized carbons (Fsp3) is 0.538. The largest absolute Gasteiger partial charge is 0.392 e. The summed E-state index contributed by atoms with van der Waals surface area (Å²) in [5.41, 5.74) is 0.698. The van der Waals surface area contributed by atoms with Crippen molar-refractivity contribution in [3.8, 4) is 0 Å². The van der Waals surface area contributed by atoms with Gasteiger partial charge in [0.2, 0.25) is 10.0 Å². The van der Waals surface area contributed by atoms with E-state index in [-0.39, 0.29) is 17.5 Å². The van der Waals surface area contributed by atoms with Gasteiger partial charge in [0.25, 0.3) is 0 Å². The Labute approximate surface area is 109 Å². The van der Waals surface area contributed by atoms with E-state index in [1.165, 1.54) is 12.1 Å². The lowest BCUT2D eigenvalue weighted by molar-refractivity contribution is 0.282. The number of aliphatic hydroxyl groups is 1. The van der Waals surface area contributed by atoms with Gasteiger partial charge in [0.15, 0.2) is 0 Å². The van der Waals surface area contributed by atoms with Crippen molar-refractivity contribution in [3.63, 3.8) is 0 Å². The molecule has 102 valence electrons. The van der Waals surface area contributed by atoms with Crippen molar-refractivity contribution in [1.82, 2.24) is 4.72 Å². The zero-order valence-electron chi connectivity index (χ0n) is 11.1. The van der Waals surface area contributed by atoms with Gasteiger partial charge in [-0.2, -0.15) is 0 Å². The first-order valence-electron chi connectivity index (χ1n) is 6.07. The van der Waals surface area contributed by atoms with Crippen molar-refractivity contribution in [2.75, 3.05) is 0 Å². The van der Waals surface area contributed by atoms with Crippen LogP contribution >= 0.6 is 0 Å². The molecule has 0 saturated heterocycles. The number of sulfonamides is 1. The summed E-state index contributed by atoms with van der Waals surface area (Å²) in [7, 11) is -3.46. The van der Waals surface area contributed by atoms with E-state index >= 15 is 0 Å². The summed E-state index contributed by atoms with van der Waals surface area (Å²) in [6.45, 7) is 5.89. The molecule has 5 heteroatoms. The van der Waals surface area contributed by atoms with Gasteiger partial charge in [-0.3, -0.25) is 0 Å². The SMILES string of the molecule is CC(C)CC(C)NS(=O)(=O)c1ccc(CO)cc1. The second-order valence-corrected chi connectivity index (χ2v) is 6.67. The van der Waals surface area contributed by atoms with Crippen molar-refractivity contribution in [1.29, 1.82) is 0 Å². The molecule has 0 heterocycles. The zero-order chi connectivity index (χ0) is 13.8. The van der Waals surface area contributed by atoms with Gasteiger partial charge >= 0.3 is 0 Å². The number of benzene rings is 1. The summed E-state index contributed by atoms with van der Waals surface area (Å²) in [4.78, 5) is 0.232. The molecule has 0 amide bonds. The minimum Gasteiger partial charge on any atom is -0.392 e. The predicted molar refractivity (Wildman–Crippen MR) is 71.6 cm³/mol. The van der Waals surface area contributed by atoms with Crippen molar-refractivity contribution in [3.05, 3.63) is 29.8 Å². The monoisotopic (exact) mass is 271 g/mol. The van der Waals surface area contributed by atoms with Crippen LogP contribution in [0.3, 0.4) is 0 Å². The molecule has 0 saturated carbocycles. The maximum absolute atomic E-state index is 12.1. The number of aliphatic hydroxyl groups excluding tert-OH is 1. The standard InChI is InChI=1S/C13H21NO3S/c1-10(2)8-11(3)14-18(16,17)13-6-4-12(9-15)5-7-13/h4-7,10-11,14-15H,8-9H2,1-3H3. The summed E-state index contributed by atoms with van der Waals surface area (Å²) in [5.74, 6) is 0.444. The normalized spacial score (nSPS) is 13.8. The fourth-order valence-corrected chi connectivity index (χ4v) is 3.12. The molecular formula is C13H21NO3S. The summed E-state index contributed by atoms with van der Waals surface area (Å²) >= 11 is 0. The molecule has 0 fully saturated rings. The molecule has 0 bridgehead atoms. The molecule has 4 nitrogen and oxygen atoms in total. The molecule has 2 N–H and O–H groups in total. The van der Waals surface area contributed by atoms with Crippen molar-refractivity contribution in [2.24, 2.45) is 5.92 Å². The molecule has 18 heavy (non-hydrogen) atoms. The van der Waals surface area contributed by atoms with Crippen LogP contribution in [0.25, 0.3) is 0 Å². The van der Waals surface area contributed by atoms with E-state index in [4.69, 9.17) is 5.11 Å². The van der Waals surface area contributed by atoms with E-state index in [9.17, 15) is 8.42 Å². The number of hydrogen-bond donors (Lipinski definition) is 2. The molecule has 1 unspecified atom stereocenters. The highest BCUT2D eigenvalue weighted by Gasteiger charge is 2.17. The average Bonchev–Trinajstić information content (AvgIpc) is 2.27. The Bertz CT molecular complexity index is 466. The smallest absolute Gasteiger partial charge is 0.240 e. The van der Waals surface area contributed by atoms with Crippen molar-refractivity contribution < 1.29 is 13.5 Å². The lowest BCUT2D eigenvalue weighted by atomic mass is 10.1. The lowest BCUT2D eigenvalue weighted by Crippen LogP contribution is -2.33. The molecule has 0 spiro atoms. The summed E-state index contributed by atoms with van der Waals surface area (Å²) < 4.78 is 26.8. The highest BCUT2D eigenvalue weighted by molar-refractivity contribution is 7.89. The van der Waals surface area contributed by atoms with E-state index in [2.05, 4.69) is 18.6 Å². The molecule has 0 aliphatic carbocycles. The molecule has 0 aliphatic heterocycles. The molecule has 0 aliphatic rings. The van der Waals surface area contributed by atoms with Crippen LogP contribution in [-0.4, -0.2) is 19.6 Å². The first-order valence-corrected chi connectivity index (χ1v) is 7.55. The Morgan fingerprint density at radius 2 is 1.72 bits per heavy atom. The Balaban J connectivity index is 2.79. The van der Waals surface area contributed by atoms with E-state index in [1.54, 1.807) is 12.1 Å². The third-order valence-corrected chi connectivity index (χ3v) is 4.20. The lowest BCUT2D eigenvalue weighted by Gasteiger charge is -2.16. The third kappa shape index (κ3) is 4.40. The van der Waals surface area contributed by atoms with Crippen LogP contribution in [0.1, 0.15) is 32.8 Å². The van der Waals surface area contributed by atoms with Gasteiger partial charge in [-0.25, -0.2) is 13.1 Å². The molecule has 1 atom stereocenters. The van der Waals surface area contributed by atoms with Gasteiger partial charge in [-0.15, -0.1) is 0 Å². The average molecular weight is 271 g/mol. The van der Waals surface area contributed by atoms with Crippen LogP contribution in [0, 0.1) is 5.92 Å². The second-order valence-electron chi connectivity index (χ2n) is 4.95. The van der Waals surface area contributed by atoms with Gasteiger partial charge in [-0.05, 0) is 37.0 Å². The summed E-state index contributed by atoms with van der Waals surface area (Å²) in [5, 5.41) is 8.91. The van der Waals surface area contributed by atoms with Gasteiger partial charge in [-0.1, -0.05) is 26.0 Å². The van der Waals surface area contributed by atoms with Crippen molar-refractivity contribution in [2.45, 2.75) is 44.7 Å². The van der Waals surface area contributed by atoms with Crippen LogP contribution in [-0.2, 0) is 16.6 Å². The highest BCUT2D eigenvalue weighted by Crippen LogP contribution is 2.13. The van der Waals surface area contributed by atoms with Crippen molar-refractivity contribution >= 4 is 10.0 Å². The summed E-state index contributed by atoms with van der Waals surface area (Å²) in [6.07, 6.45) is 0.800. The Hall–Kier alpha value is -0.910. The minimum absolute atomic E-state index is 0.0858. The third-order valence-electron chi connectivity index (χ3n) is 2.60. The van der Waals surface area contributed by atoms with Gasteiger partial charge < -0.3 is 5.11 Å². The van der Waals surface area contributed by atoms with Crippen LogP contribution in [0.5, 0.6) is 0 Å². The highest BCUT2D eigenvalue weighted by atomic mass is 32.2. The minimum atomic E-state index is -3.46. The number of hydrogen-bond acceptors (Lipinski definition) is 3. The van der Waals surface area contributed by atoms with E-state index in [1.807, 2.05) is 6.92 Å².